The maximum Gasteiger partial charge on any atom is 0.126 e. The van der Waals surface area contributed by atoms with E-state index in [0.29, 0.717) is 0 Å². The van der Waals surface area contributed by atoms with Crippen LogP contribution in [-0.4, -0.2) is 7.11 Å². The Morgan fingerprint density at radius 2 is 1.83 bits per heavy atom. The molecule has 0 bridgehead atoms. The van der Waals surface area contributed by atoms with E-state index in [9.17, 15) is 0 Å². The lowest BCUT2D eigenvalue weighted by Crippen LogP contribution is -1.89. The van der Waals surface area contributed by atoms with Gasteiger partial charge in [0, 0.05) is 11.1 Å². The molecule has 0 heterocycles. The maximum absolute atomic E-state index is 5.44. The summed E-state index contributed by atoms with van der Waals surface area (Å²) < 4.78 is 5.39. The lowest BCUT2D eigenvalue weighted by atomic mass is 10.0. The molecule has 2 aromatic carbocycles. The summed E-state index contributed by atoms with van der Waals surface area (Å²) in [4.78, 5) is 0. The van der Waals surface area contributed by atoms with Crippen LogP contribution in [0.15, 0.2) is 42.5 Å². The molecule has 0 amide bonds. The molecule has 0 aliphatic rings. The van der Waals surface area contributed by atoms with E-state index in [1.807, 2.05) is 18.2 Å². The van der Waals surface area contributed by atoms with Gasteiger partial charge >= 0.3 is 0 Å². The number of ether oxygens (including phenoxy) is 1. The molecule has 0 aliphatic carbocycles. The molecule has 1 heteroatoms. The Labute approximate surface area is 108 Å². The molecule has 0 aromatic heterocycles. The third-order valence-corrected chi connectivity index (χ3v) is 3.04. The number of methoxy groups -OCH3 is 1. The van der Waals surface area contributed by atoms with Crippen molar-refractivity contribution in [2.45, 2.75) is 13.3 Å². The molecule has 2 rings (SSSR count). The summed E-state index contributed by atoms with van der Waals surface area (Å²) in [5, 5.41) is 0. The normalized spacial score (nSPS) is 9.83. The van der Waals surface area contributed by atoms with Gasteiger partial charge < -0.3 is 4.74 Å². The van der Waals surface area contributed by atoms with Gasteiger partial charge in [0.05, 0.1) is 7.11 Å². The highest BCUT2D eigenvalue weighted by molar-refractivity contribution is 5.72. The summed E-state index contributed by atoms with van der Waals surface area (Å²) >= 11 is 0. The molecule has 0 fully saturated rings. The molecule has 0 aliphatic heterocycles. The van der Waals surface area contributed by atoms with Gasteiger partial charge in [0.25, 0.3) is 0 Å². The van der Waals surface area contributed by atoms with Crippen LogP contribution in [-0.2, 0) is 6.42 Å². The highest BCUT2D eigenvalue weighted by Crippen LogP contribution is 2.30. The van der Waals surface area contributed by atoms with E-state index >= 15 is 0 Å². The minimum Gasteiger partial charge on any atom is -0.496 e. The van der Waals surface area contributed by atoms with Crippen LogP contribution in [0.1, 0.15) is 18.1 Å². The van der Waals surface area contributed by atoms with E-state index in [0.717, 1.165) is 28.9 Å². The largest absolute Gasteiger partial charge is 0.496 e. The predicted molar refractivity (Wildman–Crippen MR) is 75.7 cm³/mol. The first kappa shape index (κ1) is 12.3. The monoisotopic (exact) mass is 236 g/mol. The molecule has 18 heavy (non-hydrogen) atoms. The van der Waals surface area contributed by atoms with Crippen LogP contribution in [0, 0.1) is 12.3 Å². The zero-order valence-electron chi connectivity index (χ0n) is 10.7. The highest BCUT2D eigenvalue weighted by atomic mass is 16.5. The van der Waals surface area contributed by atoms with Crippen molar-refractivity contribution >= 4 is 0 Å². The SMILES string of the molecule is C#Cc1ccc(OC)c(-c2ccc(CC)cc2)c1. The van der Waals surface area contributed by atoms with Crippen LogP contribution in [0.2, 0.25) is 0 Å². The Balaban J connectivity index is 2.50. The van der Waals surface area contributed by atoms with Gasteiger partial charge in [0.1, 0.15) is 5.75 Å². The Morgan fingerprint density at radius 3 is 2.39 bits per heavy atom. The standard InChI is InChI=1S/C17H16O/c1-4-13-6-9-15(10-7-13)16-12-14(5-2)8-11-17(16)18-3/h2,6-12H,4H2,1,3H3. The minimum atomic E-state index is 0.846. The summed E-state index contributed by atoms with van der Waals surface area (Å²) in [6.07, 6.45) is 6.49. The fourth-order valence-electron chi connectivity index (χ4n) is 1.94. The molecule has 0 N–H and O–H groups in total. The number of benzene rings is 2. The van der Waals surface area contributed by atoms with Gasteiger partial charge in [0.2, 0.25) is 0 Å². The molecular formula is C17H16O. The van der Waals surface area contributed by atoms with Crippen molar-refractivity contribution in [1.29, 1.82) is 0 Å². The van der Waals surface area contributed by atoms with Crippen molar-refractivity contribution < 1.29 is 4.74 Å². The number of aryl methyl sites for hydroxylation is 1. The highest BCUT2D eigenvalue weighted by Gasteiger charge is 2.06. The predicted octanol–water partition coefficient (Wildman–Crippen LogP) is 3.91. The van der Waals surface area contributed by atoms with E-state index in [2.05, 4.69) is 37.1 Å². The number of hydrogen-bond donors (Lipinski definition) is 0. The molecule has 90 valence electrons. The molecule has 0 unspecified atom stereocenters. The fourth-order valence-corrected chi connectivity index (χ4v) is 1.94. The van der Waals surface area contributed by atoms with Crippen LogP contribution in [0.3, 0.4) is 0 Å². The molecule has 0 saturated carbocycles. The second kappa shape index (κ2) is 5.42. The van der Waals surface area contributed by atoms with Gasteiger partial charge in [-0.3, -0.25) is 0 Å². The molecule has 2 aromatic rings. The molecule has 1 nitrogen and oxygen atoms in total. The topological polar surface area (TPSA) is 9.23 Å². The molecule has 0 atom stereocenters. The Bertz CT molecular complexity index is 574. The number of rotatable bonds is 3. The van der Waals surface area contributed by atoms with E-state index in [4.69, 9.17) is 11.2 Å². The Hall–Kier alpha value is -2.20. The van der Waals surface area contributed by atoms with Crippen LogP contribution in [0.25, 0.3) is 11.1 Å². The second-order valence-corrected chi connectivity index (χ2v) is 4.11. The smallest absolute Gasteiger partial charge is 0.126 e. The summed E-state index contributed by atoms with van der Waals surface area (Å²) in [6, 6.07) is 14.3. The van der Waals surface area contributed by atoms with Crippen molar-refractivity contribution in [3.05, 3.63) is 53.6 Å². The summed E-state index contributed by atoms with van der Waals surface area (Å²) in [5.41, 5.74) is 4.35. The van der Waals surface area contributed by atoms with Crippen molar-refractivity contribution in [3.63, 3.8) is 0 Å². The zero-order chi connectivity index (χ0) is 13.0. The quantitative estimate of drug-likeness (QED) is 0.734. The van der Waals surface area contributed by atoms with Gasteiger partial charge in [-0.25, -0.2) is 0 Å². The van der Waals surface area contributed by atoms with Crippen molar-refractivity contribution in [2.75, 3.05) is 7.11 Å². The van der Waals surface area contributed by atoms with E-state index in [1.165, 1.54) is 5.56 Å². The molecule has 0 radical (unpaired) electrons. The van der Waals surface area contributed by atoms with Crippen molar-refractivity contribution in [3.8, 4) is 29.2 Å². The molecule has 0 saturated heterocycles. The van der Waals surface area contributed by atoms with Crippen LogP contribution in [0.5, 0.6) is 5.75 Å². The van der Waals surface area contributed by atoms with Gasteiger partial charge in [-0.2, -0.15) is 0 Å². The fraction of sp³-hybridized carbons (Fsp3) is 0.176. The lowest BCUT2D eigenvalue weighted by molar-refractivity contribution is 0.416. The van der Waals surface area contributed by atoms with E-state index in [1.54, 1.807) is 7.11 Å². The Kier molecular flexibility index (Phi) is 3.69. The van der Waals surface area contributed by atoms with Crippen molar-refractivity contribution in [1.82, 2.24) is 0 Å². The first-order chi connectivity index (χ1) is 8.78. The molecule has 0 spiro atoms. The van der Waals surface area contributed by atoms with Gasteiger partial charge in [-0.15, -0.1) is 6.42 Å². The average molecular weight is 236 g/mol. The van der Waals surface area contributed by atoms with Crippen molar-refractivity contribution in [2.24, 2.45) is 0 Å². The number of hydrogen-bond acceptors (Lipinski definition) is 1. The second-order valence-electron chi connectivity index (χ2n) is 4.11. The lowest BCUT2D eigenvalue weighted by Gasteiger charge is -2.10. The van der Waals surface area contributed by atoms with Crippen LogP contribution >= 0.6 is 0 Å². The summed E-state index contributed by atoms with van der Waals surface area (Å²) in [5.74, 6) is 3.50. The van der Waals surface area contributed by atoms with Gasteiger partial charge in [-0.1, -0.05) is 37.1 Å². The van der Waals surface area contributed by atoms with Gasteiger partial charge in [-0.05, 0) is 35.7 Å². The van der Waals surface area contributed by atoms with E-state index < -0.39 is 0 Å². The minimum absolute atomic E-state index is 0.846. The number of terminal acetylenes is 1. The average Bonchev–Trinajstić information content (AvgIpc) is 2.46. The zero-order valence-corrected chi connectivity index (χ0v) is 10.7. The Morgan fingerprint density at radius 1 is 1.11 bits per heavy atom. The first-order valence-corrected chi connectivity index (χ1v) is 6.02. The van der Waals surface area contributed by atoms with E-state index in [-0.39, 0.29) is 0 Å². The summed E-state index contributed by atoms with van der Waals surface area (Å²) in [6.45, 7) is 2.15. The molecular weight excluding hydrogens is 220 g/mol. The van der Waals surface area contributed by atoms with Crippen LogP contribution in [0.4, 0.5) is 0 Å². The maximum atomic E-state index is 5.44. The first-order valence-electron chi connectivity index (χ1n) is 6.02. The van der Waals surface area contributed by atoms with Crippen LogP contribution < -0.4 is 4.74 Å². The summed E-state index contributed by atoms with van der Waals surface area (Å²) in [7, 11) is 1.68. The third-order valence-electron chi connectivity index (χ3n) is 3.04. The van der Waals surface area contributed by atoms with Gasteiger partial charge in [0.15, 0.2) is 0 Å². The third kappa shape index (κ3) is 2.38.